The molecule has 3 rings (SSSR count). The molecule has 0 radical (unpaired) electrons. The Labute approximate surface area is 102 Å². The summed E-state index contributed by atoms with van der Waals surface area (Å²) in [6, 6.07) is 5.91. The van der Waals surface area contributed by atoms with Gasteiger partial charge in [0, 0.05) is 13.0 Å². The van der Waals surface area contributed by atoms with Crippen molar-refractivity contribution in [3.63, 3.8) is 0 Å². The summed E-state index contributed by atoms with van der Waals surface area (Å²) in [5.41, 5.74) is 0. The van der Waals surface area contributed by atoms with E-state index >= 15 is 0 Å². The standard InChI is InChI=1S/C12H11N3OS/c1-2-9(16-6-1)3-5-13-11-10-4-7-17-12(10)15-8-14-11/h1-2,4,6-8H,3,5H2,(H,13,14,15). The molecule has 0 aliphatic carbocycles. The molecule has 0 amide bonds. The molecular formula is C12H11N3OS. The molecule has 3 aromatic heterocycles. The van der Waals surface area contributed by atoms with Gasteiger partial charge in [0.2, 0.25) is 0 Å². The van der Waals surface area contributed by atoms with Gasteiger partial charge in [-0.3, -0.25) is 0 Å². The van der Waals surface area contributed by atoms with E-state index in [0.717, 1.165) is 34.8 Å². The Morgan fingerprint density at radius 1 is 1.29 bits per heavy atom. The van der Waals surface area contributed by atoms with Crippen LogP contribution in [0.3, 0.4) is 0 Å². The number of hydrogen-bond donors (Lipinski definition) is 1. The SMILES string of the molecule is c1coc(CCNc2ncnc3sccc23)c1. The minimum Gasteiger partial charge on any atom is -0.469 e. The average Bonchev–Trinajstić information content (AvgIpc) is 2.99. The van der Waals surface area contributed by atoms with Gasteiger partial charge in [-0.15, -0.1) is 11.3 Å². The van der Waals surface area contributed by atoms with E-state index in [1.165, 1.54) is 0 Å². The Hall–Kier alpha value is -1.88. The molecule has 0 bridgehead atoms. The Balaban J connectivity index is 1.70. The Morgan fingerprint density at radius 3 is 3.18 bits per heavy atom. The predicted molar refractivity (Wildman–Crippen MR) is 68.3 cm³/mol. The lowest BCUT2D eigenvalue weighted by molar-refractivity contribution is 0.513. The van der Waals surface area contributed by atoms with Crippen molar-refractivity contribution in [1.82, 2.24) is 9.97 Å². The summed E-state index contributed by atoms with van der Waals surface area (Å²) < 4.78 is 5.27. The molecule has 0 aromatic carbocycles. The molecule has 4 nitrogen and oxygen atoms in total. The van der Waals surface area contributed by atoms with Crippen LogP contribution in [0.25, 0.3) is 10.2 Å². The second-order valence-electron chi connectivity index (χ2n) is 3.62. The summed E-state index contributed by atoms with van der Waals surface area (Å²) in [6.07, 6.45) is 4.13. The van der Waals surface area contributed by atoms with Crippen LogP contribution in [0.15, 0.2) is 40.6 Å². The number of furan rings is 1. The van der Waals surface area contributed by atoms with Crippen molar-refractivity contribution in [3.8, 4) is 0 Å². The van der Waals surface area contributed by atoms with Gasteiger partial charge in [-0.1, -0.05) is 0 Å². The van der Waals surface area contributed by atoms with Gasteiger partial charge >= 0.3 is 0 Å². The first-order valence-corrected chi connectivity index (χ1v) is 6.26. The van der Waals surface area contributed by atoms with Gasteiger partial charge in [-0.05, 0) is 23.6 Å². The van der Waals surface area contributed by atoms with E-state index in [0.29, 0.717) is 0 Å². The molecule has 0 aliphatic heterocycles. The molecule has 0 fully saturated rings. The van der Waals surface area contributed by atoms with Crippen LogP contribution in [-0.2, 0) is 6.42 Å². The third-order valence-electron chi connectivity index (χ3n) is 2.51. The highest BCUT2D eigenvalue weighted by atomic mass is 32.1. The zero-order valence-electron chi connectivity index (χ0n) is 9.09. The fourth-order valence-corrected chi connectivity index (χ4v) is 2.42. The van der Waals surface area contributed by atoms with Crippen molar-refractivity contribution >= 4 is 27.4 Å². The van der Waals surface area contributed by atoms with Crippen LogP contribution in [0.5, 0.6) is 0 Å². The van der Waals surface area contributed by atoms with E-state index in [-0.39, 0.29) is 0 Å². The molecule has 5 heteroatoms. The molecule has 0 saturated carbocycles. The van der Waals surface area contributed by atoms with Gasteiger partial charge in [-0.25, -0.2) is 9.97 Å². The Kier molecular flexibility index (Phi) is 2.75. The Morgan fingerprint density at radius 2 is 2.29 bits per heavy atom. The molecule has 0 spiro atoms. The van der Waals surface area contributed by atoms with Crippen LogP contribution in [0.2, 0.25) is 0 Å². The summed E-state index contributed by atoms with van der Waals surface area (Å²) in [4.78, 5) is 9.47. The average molecular weight is 245 g/mol. The normalized spacial score (nSPS) is 10.8. The number of nitrogens with one attached hydrogen (secondary N) is 1. The molecule has 1 N–H and O–H groups in total. The molecule has 86 valence electrons. The minimum absolute atomic E-state index is 0.801. The molecule has 0 unspecified atom stereocenters. The predicted octanol–water partition coefficient (Wildman–Crippen LogP) is 2.94. The largest absolute Gasteiger partial charge is 0.469 e. The number of nitrogens with zero attached hydrogens (tertiary/aromatic N) is 2. The summed E-state index contributed by atoms with van der Waals surface area (Å²) in [5, 5.41) is 6.41. The van der Waals surface area contributed by atoms with Gasteiger partial charge in [0.15, 0.2) is 0 Å². The highest BCUT2D eigenvalue weighted by Crippen LogP contribution is 2.23. The molecule has 3 heterocycles. The summed E-state index contributed by atoms with van der Waals surface area (Å²) in [6.45, 7) is 0.801. The van der Waals surface area contributed by atoms with E-state index < -0.39 is 0 Å². The van der Waals surface area contributed by atoms with Gasteiger partial charge in [0.1, 0.15) is 22.7 Å². The van der Waals surface area contributed by atoms with Crippen molar-refractivity contribution in [2.24, 2.45) is 0 Å². The zero-order chi connectivity index (χ0) is 11.5. The van der Waals surface area contributed by atoms with E-state index in [4.69, 9.17) is 4.42 Å². The topological polar surface area (TPSA) is 51.0 Å². The fourth-order valence-electron chi connectivity index (χ4n) is 1.69. The smallest absolute Gasteiger partial charge is 0.138 e. The molecule has 3 aromatic rings. The number of fused-ring (bicyclic) bond motifs is 1. The van der Waals surface area contributed by atoms with Crippen LogP contribution < -0.4 is 5.32 Å². The van der Waals surface area contributed by atoms with Gasteiger partial charge in [0.25, 0.3) is 0 Å². The highest BCUT2D eigenvalue weighted by Gasteiger charge is 2.04. The van der Waals surface area contributed by atoms with E-state index in [2.05, 4.69) is 15.3 Å². The lowest BCUT2D eigenvalue weighted by atomic mass is 10.3. The van der Waals surface area contributed by atoms with Crippen LogP contribution in [0.1, 0.15) is 5.76 Å². The van der Waals surface area contributed by atoms with Crippen molar-refractivity contribution in [3.05, 3.63) is 41.9 Å². The quantitative estimate of drug-likeness (QED) is 0.767. The maximum absolute atomic E-state index is 5.27. The maximum atomic E-state index is 5.27. The van der Waals surface area contributed by atoms with E-state index in [9.17, 15) is 0 Å². The lowest BCUT2D eigenvalue weighted by Crippen LogP contribution is -2.06. The van der Waals surface area contributed by atoms with Crippen LogP contribution >= 0.6 is 11.3 Å². The maximum Gasteiger partial charge on any atom is 0.138 e. The van der Waals surface area contributed by atoms with Gasteiger partial charge in [-0.2, -0.15) is 0 Å². The Bertz CT molecular complexity index is 603. The van der Waals surface area contributed by atoms with Crippen molar-refractivity contribution in [1.29, 1.82) is 0 Å². The second-order valence-corrected chi connectivity index (χ2v) is 4.51. The number of anilines is 1. The molecular weight excluding hydrogens is 234 g/mol. The third-order valence-corrected chi connectivity index (χ3v) is 3.33. The van der Waals surface area contributed by atoms with Gasteiger partial charge in [0.05, 0.1) is 11.6 Å². The monoisotopic (exact) mass is 245 g/mol. The summed E-state index contributed by atoms with van der Waals surface area (Å²) in [5.74, 6) is 1.87. The molecule has 0 aliphatic rings. The second kappa shape index (κ2) is 4.55. The molecule has 17 heavy (non-hydrogen) atoms. The zero-order valence-corrected chi connectivity index (χ0v) is 9.91. The summed E-state index contributed by atoms with van der Waals surface area (Å²) in [7, 11) is 0. The van der Waals surface area contributed by atoms with E-state index in [1.807, 2.05) is 23.6 Å². The lowest BCUT2D eigenvalue weighted by Gasteiger charge is -2.04. The fraction of sp³-hybridized carbons (Fsp3) is 0.167. The van der Waals surface area contributed by atoms with E-state index in [1.54, 1.807) is 23.9 Å². The third kappa shape index (κ3) is 2.14. The molecule has 0 atom stereocenters. The minimum atomic E-state index is 0.801. The van der Waals surface area contributed by atoms with Crippen molar-refractivity contribution < 1.29 is 4.42 Å². The van der Waals surface area contributed by atoms with Crippen LogP contribution in [0.4, 0.5) is 5.82 Å². The van der Waals surface area contributed by atoms with Crippen molar-refractivity contribution in [2.75, 3.05) is 11.9 Å². The number of rotatable bonds is 4. The van der Waals surface area contributed by atoms with Crippen molar-refractivity contribution in [2.45, 2.75) is 6.42 Å². The highest BCUT2D eigenvalue weighted by molar-refractivity contribution is 7.16. The molecule has 0 saturated heterocycles. The van der Waals surface area contributed by atoms with Gasteiger partial charge < -0.3 is 9.73 Å². The first-order valence-electron chi connectivity index (χ1n) is 5.38. The first-order chi connectivity index (χ1) is 8.43. The summed E-state index contributed by atoms with van der Waals surface area (Å²) >= 11 is 1.62. The first kappa shape index (κ1) is 10.3. The number of hydrogen-bond acceptors (Lipinski definition) is 5. The number of aromatic nitrogens is 2. The number of thiophene rings is 1. The van der Waals surface area contributed by atoms with Crippen LogP contribution in [-0.4, -0.2) is 16.5 Å². The van der Waals surface area contributed by atoms with Crippen LogP contribution in [0, 0.1) is 0 Å².